The van der Waals surface area contributed by atoms with Gasteiger partial charge in [0.1, 0.15) is 5.52 Å². The second kappa shape index (κ2) is 5.33. The number of pyridine rings is 1. The van der Waals surface area contributed by atoms with Gasteiger partial charge in [-0.25, -0.2) is 10.4 Å². The van der Waals surface area contributed by atoms with Gasteiger partial charge in [-0.1, -0.05) is 0 Å². The van der Waals surface area contributed by atoms with Gasteiger partial charge in [0.05, 0.1) is 18.7 Å². The van der Waals surface area contributed by atoms with E-state index in [2.05, 4.69) is 30.7 Å². The molecular weight excluding hydrogens is 244 g/mol. The molecule has 2 aromatic heterocycles. The summed E-state index contributed by atoms with van der Waals surface area (Å²) in [5, 5.41) is 0. The predicted octanol–water partition coefficient (Wildman–Crippen LogP) is 0.408. The average Bonchev–Trinajstić information content (AvgIpc) is 2.48. The number of rotatable bonds is 3. The molecule has 1 aliphatic heterocycles. The predicted molar refractivity (Wildman–Crippen MR) is 73.0 cm³/mol. The van der Waals surface area contributed by atoms with E-state index >= 15 is 0 Å². The van der Waals surface area contributed by atoms with Crippen LogP contribution in [0.4, 0.5) is 11.8 Å². The summed E-state index contributed by atoms with van der Waals surface area (Å²) in [6.45, 7) is 3.07. The molecule has 1 fully saturated rings. The van der Waals surface area contributed by atoms with Gasteiger partial charge in [0.25, 0.3) is 0 Å². The lowest BCUT2D eigenvalue weighted by Gasteiger charge is -2.28. The van der Waals surface area contributed by atoms with Crippen LogP contribution in [0.5, 0.6) is 0 Å². The Morgan fingerprint density at radius 3 is 2.89 bits per heavy atom. The van der Waals surface area contributed by atoms with Crippen molar-refractivity contribution in [3.8, 4) is 0 Å². The largest absolute Gasteiger partial charge is 0.378 e. The van der Waals surface area contributed by atoms with Crippen LogP contribution in [0.25, 0.3) is 11.0 Å². The van der Waals surface area contributed by atoms with Crippen LogP contribution >= 0.6 is 0 Å². The summed E-state index contributed by atoms with van der Waals surface area (Å²) in [6.07, 6.45) is 1.76. The number of nitrogens with zero attached hydrogens (tertiary/aromatic N) is 4. The van der Waals surface area contributed by atoms with Gasteiger partial charge in [-0.05, 0) is 12.1 Å². The molecule has 100 valence electrons. The summed E-state index contributed by atoms with van der Waals surface area (Å²) >= 11 is 0. The summed E-state index contributed by atoms with van der Waals surface area (Å²) in [4.78, 5) is 15.5. The number of aromatic nitrogens is 3. The molecule has 0 amide bonds. The lowest BCUT2D eigenvalue weighted by molar-refractivity contribution is 0.122. The SMILES string of the molecule is CNNc1nc(N2CCOCC2)c2ncccc2n1. The molecule has 3 rings (SSSR count). The van der Waals surface area contributed by atoms with Crippen molar-refractivity contribution < 1.29 is 4.74 Å². The summed E-state index contributed by atoms with van der Waals surface area (Å²) in [5.41, 5.74) is 7.42. The molecule has 0 aliphatic carbocycles. The van der Waals surface area contributed by atoms with Crippen molar-refractivity contribution in [2.45, 2.75) is 0 Å². The summed E-state index contributed by atoms with van der Waals surface area (Å²) in [5.74, 6) is 1.40. The van der Waals surface area contributed by atoms with Gasteiger partial charge in [0, 0.05) is 26.3 Å². The average molecular weight is 260 g/mol. The Morgan fingerprint density at radius 2 is 2.11 bits per heavy atom. The van der Waals surface area contributed by atoms with Crippen molar-refractivity contribution in [2.24, 2.45) is 0 Å². The minimum absolute atomic E-state index is 0.546. The van der Waals surface area contributed by atoms with E-state index in [0.717, 1.165) is 29.9 Å². The summed E-state index contributed by atoms with van der Waals surface area (Å²) in [7, 11) is 1.78. The van der Waals surface area contributed by atoms with Crippen LogP contribution in [-0.2, 0) is 4.74 Å². The zero-order valence-corrected chi connectivity index (χ0v) is 10.8. The van der Waals surface area contributed by atoms with Gasteiger partial charge in [0.15, 0.2) is 5.82 Å². The van der Waals surface area contributed by atoms with E-state index in [1.165, 1.54) is 0 Å². The standard InChI is InChI=1S/C12H16N6O/c1-13-17-12-15-9-3-2-4-14-10(9)11(16-12)18-5-7-19-8-6-18/h2-4,13H,5-8H2,1H3,(H,15,16,17). The highest BCUT2D eigenvalue weighted by Crippen LogP contribution is 2.23. The number of anilines is 2. The second-order valence-corrected chi connectivity index (χ2v) is 4.22. The van der Waals surface area contributed by atoms with Crippen molar-refractivity contribution in [1.82, 2.24) is 20.4 Å². The third-order valence-corrected chi connectivity index (χ3v) is 2.98. The molecule has 2 aromatic rings. The Hall–Kier alpha value is -1.99. The van der Waals surface area contributed by atoms with Crippen LogP contribution in [0.1, 0.15) is 0 Å². The topological polar surface area (TPSA) is 75.2 Å². The Labute approximate surface area is 111 Å². The molecular formula is C12H16N6O. The third kappa shape index (κ3) is 2.42. The highest BCUT2D eigenvalue weighted by molar-refractivity contribution is 5.86. The van der Waals surface area contributed by atoms with E-state index in [9.17, 15) is 0 Å². The second-order valence-electron chi connectivity index (χ2n) is 4.22. The van der Waals surface area contributed by atoms with E-state index in [4.69, 9.17) is 4.74 Å². The zero-order chi connectivity index (χ0) is 13.1. The van der Waals surface area contributed by atoms with Crippen molar-refractivity contribution in [1.29, 1.82) is 0 Å². The van der Waals surface area contributed by atoms with Gasteiger partial charge in [0.2, 0.25) is 5.95 Å². The summed E-state index contributed by atoms with van der Waals surface area (Å²) < 4.78 is 5.38. The molecule has 2 N–H and O–H groups in total. The van der Waals surface area contributed by atoms with Gasteiger partial charge < -0.3 is 9.64 Å². The molecule has 0 saturated carbocycles. The molecule has 3 heterocycles. The minimum atomic E-state index is 0.546. The number of hydrazine groups is 1. The van der Waals surface area contributed by atoms with Crippen LogP contribution in [0, 0.1) is 0 Å². The Balaban J connectivity index is 2.08. The molecule has 0 atom stereocenters. The van der Waals surface area contributed by atoms with Crippen molar-refractivity contribution in [3.63, 3.8) is 0 Å². The number of nitrogens with one attached hydrogen (secondary N) is 2. The number of fused-ring (bicyclic) bond motifs is 1. The maximum absolute atomic E-state index is 5.38. The van der Waals surface area contributed by atoms with Crippen molar-refractivity contribution in [2.75, 3.05) is 43.7 Å². The fourth-order valence-corrected chi connectivity index (χ4v) is 2.12. The molecule has 1 saturated heterocycles. The monoisotopic (exact) mass is 260 g/mol. The first kappa shape index (κ1) is 12.1. The number of hydrogen-bond acceptors (Lipinski definition) is 7. The van der Waals surface area contributed by atoms with Gasteiger partial charge >= 0.3 is 0 Å². The van der Waals surface area contributed by atoms with Gasteiger partial charge in [-0.2, -0.15) is 4.98 Å². The Kier molecular flexibility index (Phi) is 3.39. The highest BCUT2D eigenvalue weighted by Gasteiger charge is 2.17. The van der Waals surface area contributed by atoms with E-state index in [1.807, 2.05) is 12.1 Å². The summed E-state index contributed by atoms with van der Waals surface area (Å²) in [6, 6.07) is 3.82. The molecule has 0 radical (unpaired) electrons. The molecule has 0 unspecified atom stereocenters. The van der Waals surface area contributed by atoms with E-state index in [0.29, 0.717) is 19.2 Å². The van der Waals surface area contributed by atoms with E-state index < -0.39 is 0 Å². The first-order chi connectivity index (χ1) is 9.38. The molecule has 0 spiro atoms. The van der Waals surface area contributed by atoms with Crippen molar-refractivity contribution in [3.05, 3.63) is 18.3 Å². The van der Waals surface area contributed by atoms with Crippen molar-refractivity contribution >= 4 is 22.8 Å². The van der Waals surface area contributed by atoms with Crippen LogP contribution < -0.4 is 15.8 Å². The van der Waals surface area contributed by atoms with Crippen LogP contribution in [0.2, 0.25) is 0 Å². The van der Waals surface area contributed by atoms with E-state index in [1.54, 1.807) is 13.2 Å². The zero-order valence-electron chi connectivity index (χ0n) is 10.8. The Morgan fingerprint density at radius 1 is 1.26 bits per heavy atom. The maximum Gasteiger partial charge on any atom is 0.239 e. The third-order valence-electron chi connectivity index (χ3n) is 2.98. The number of morpholine rings is 1. The fourth-order valence-electron chi connectivity index (χ4n) is 2.12. The van der Waals surface area contributed by atoms with E-state index in [-0.39, 0.29) is 0 Å². The lowest BCUT2D eigenvalue weighted by atomic mass is 10.3. The fraction of sp³-hybridized carbons (Fsp3) is 0.417. The normalized spacial score (nSPS) is 15.7. The smallest absolute Gasteiger partial charge is 0.239 e. The maximum atomic E-state index is 5.38. The first-order valence-corrected chi connectivity index (χ1v) is 6.26. The number of hydrogen-bond donors (Lipinski definition) is 2. The lowest BCUT2D eigenvalue weighted by Crippen LogP contribution is -2.37. The number of ether oxygens (including phenoxy) is 1. The Bertz CT molecular complexity index is 569. The van der Waals surface area contributed by atoms with Gasteiger partial charge in [-0.3, -0.25) is 10.4 Å². The van der Waals surface area contributed by atoms with Gasteiger partial charge in [-0.15, -0.1) is 0 Å². The molecule has 7 heteroatoms. The molecule has 0 bridgehead atoms. The molecule has 19 heavy (non-hydrogen) atoms. The van der Waals surface area contributed by atoms with Crippen LogP contribution in [0.3, 0.4) is 0 Å². The van der Waals surface area contributed by atoms with Crippen LogP contribution in [-0.4, -0.2) is 48.3 Å². The first-order valence-electron chi connectivity index (χ1n) is 6.26. The molecule has 0 aromatic carbocycles. The quantitative estimate of drug-likeness (QED) is 0.774. The highest BCUT2D eigenvalue weighted by atomic mass is 16.5. The molecule has 1 aliphatic rings. The van der Waals surface area contributed by atoms with Crippen LogP contribution in [0.15, 0.2) is 18.3 Å². The molecule has 7 nitrogen and oxygen atoms in total. The minimum Gasteiger partial charge on any atom is -0.378 e.